The highest BCUT2D eigenvalue weighted by Crippen LogP contribution is 2.37. The quantitative estimate of drug-likeness (QED) is 0.892. The van der Waals surface area contributed by atoms with E-state index in [2.05, 4.69) is 4.98 Å². The van der Waals surface area contributed by atoms with Crippen molar-refractivity contribution in [3.8, 4) is 0 Å². The summed E-state index contributed by atoms with van der Waals surface area (Å²) in [5.41, 5.74) is 0. The highest BCUT2D eigenvalue weighted by atomic mass is 32.1. The van der Waals surface area contributed by atoms with E-state index in [1.54, 1.807) is 0 Å². The number of rotatable bonds is 2. The molecule has 17 heavy (non-hydrogen) atoms. The number of aliphatic hydroxyl groups excluding tert-OH is 1. The van der Waals surface area contributed by atoms with Crippen molar-refractivity contribution in [3.63, 3.8) is 0 Å². The number of aromatic nitrogens is 1. The maximum absolute atomic E-state index is 12.4. The molecule has 1 N–H and O–H groups in total. The van der Waals surface area contributed by atoms with Gasteiger partial charge in [0.25, 0.3) is 0 Å². The van der Waals surface area contributed by atoms with Gasteiger partial charge >= 0.3 is 6.18 Å². The lowest BCUT2D eigenvalue weighted by atomic mass is 9.98. The van der Waals surface area contributed by atoms with Crippen molar-refractivity contribution < 1.29 is 18.3 Å². The maximum Gasteiger partial charge on any atom is 0.427 e. The Balaban J connectivity index is 2.02. The number of anilines is 1. The van der Waals surface area contributed by atoms with E-state index in [1.165, 1.54) is 0 Å². The van der Waals surface area contributed by atoms with Crippen molar-refractivity contribution in [1.82, 2.24) is 4.98 Å². The van der Waals surface area contributed by atoms with E-state index in [9.17, 15) is 13.2 Å². The van der Waals surface area contributed by atoms with Crippen molar-refractivity contribution in [1.29, 1.82) is 0 Å². The van der Waals surface area contributed by atoms with Crippen LogP contribution in [0.25, 0.3) is 0 Å². The van der Waals surface area contributed by atoms with Crippen LogP contribution in [-0.4, -0.2) is 29.8 Å². The molecule has 2 heterocycles. The van der Waals surface area contributed by atoms with Crippen LogP contribution in [-0.2, 0) is 6.18 Å². The molecule has 0 bridgehead atoms. The lowest BCUT2D eigenvalue weighted by Gasteiger charge is -2.30. The van der Waals surface area contributed by atoms with Gasteiger partial charge in [-0.3, -0.25) is 0 Å². The number of hydrogen-bond donors (Lipinski definition) is 1. The molecule has 96 valence electrons. The lowest BCUT2D eigenvalue weighted by Crippen LogP contribution is -2.34. The molecule has 0 aromatic carbocycles. The fourth-order valence-corrected chi connectivity index (χ4v) is 2.68. The summed E-state index contributed by atoms with van der Waals surface area (Å²) in [4.78, 5) is 5.02. The van der Waals surface area contributed by atoms with Gasteiger partial charge in [0.2, 0.25) is 0 Å². The SMILES string of the molecule is OCC1CCN(c2ncc(C(F)(F)F)s2)CC1. The summed E-state index contributed by atoms with van der Waals surface area (Å²) in [7, 11) is 0. The first-order valence-corrected chi connectivity index (χ1v) is 6.21. The lowest BCUT2D eigenvalue weighted by molar-refractivity contribution is -0.134. The topological polar surface area (TPSA) is 36.4 Å². The Hall–Kier alpha value is -0.820. The highest BCUT2D eigenvalue weighted by Gasteiger charge is 2.34. The molecule has 1 fully saturated rings. The first-order valence-electron chi connectivity index (χ1n) is 5.39. The van der Waals surface area contributed by atoms with E-state index >= 15 is 0 Å². The van der Waals surface area contributed by atoms with E-state index < -0.39 is 11.1 Å². The molecule has 3 nitrogen and oxygen atoms in total. The standard InChI is InChI=1S/C10H13F3N2OS/c11-10(12,13)8-5-14-9(17-8)15-3-1-7(6-16)2-4-15/h5,7,16H,1-4,6H2. The number of halogens is 3. The predicted molar refractivity (Wildman–Crippen MR) is 59.1 cm³/mol. The second kappa shape index (κ2) is 4.81. The number of aliphatic hydroxyl groups is 1. The number of alkyl halides is 3. The Bertz CT molecular complexity index is 372. The molecule has 0 unspecified atom stereocenters. The molecular weight excluding hydrogens is 253 g/mol. The minimum atomic E-state index is -4.31. The second-order valence-electron chi connectivity index (χ2n) is 4.12. The Morgan fingerprint density at radius 3 is 2.53 bits per heavy atom. The fourth-order valence-electron chi connectivity index (χ4n) is 1.85. The van der Waals surface area contributed by atoms with Gasteiger partial charge in [-0.2, -0.15) is 13.2 Å². The Labute approximate surface area is 101 Å². The summed E-state index contributed by atoms with van der Waals surface area (Å²) in [6, 6.07) is 0. The molecule has 0 atom stereocenters. The van der Waals surface area contributed by atoms with Crippen molar-refractivity contribution in [2.45, 2.75) is 19.0 Å². The van der Waals surface area contributed by atoms with Gasteiger partial charge in [0.1, 0.15) is 4.88 Å². The summed E-state index contributed by atoms with van der Waals surface area (Å²) in [6.45, 7) is 1.48. The summed E-state index contributed by atoms with van der Waals surface area (Å²) < 4.78 is 37.2. The van der Waals surface area contributed by atoms with Crippen LogP contribution < -0.4 is 4.90 Å². The van der Waals surface area contributed by atoms with Crippen molar-refractivity contribution in [2.75, 3.05) is 24.6 Å². The summed E-state index contributed by atoms with van der Waals surface area (Å²) >= 11 is 0.682. The van der Waals surface area contributed by atoms with Crippen molar-refractivity contribution in [3.05, 3.63) is 11.1 Å². The van der Waals surface area contributed by atoms with Gasteiger partial charge in [-0.15, -0.1) is 0 Å². The summed E-state index contributed by atoms with van der Waals surface area (Å²) in [5, 5.41) is 9.40. The molecule has 1 aliphatic heterocycles. The van der Waals surface area contributed by atoms with Crippen molar-refractivity contribution in [2.24, 2.45) is 5.92 Å². The van der Waals surface area contributed by atoms with E-state index in [-0.39, 0.29) is 12.5 Å². The van der Waals surface area contributed by atoms with Gasteiger partial charge in [0.15, 0.2) is 5.13 Å². The minimum Gasteiger partial charge on any atom is -0.396 e. The van der Waals surface area contributed by atoms with E-state index in [0.29, 0.717) is 29.6 Å². The second-order valence-corrected chi connectivity index (χ2v) is 5.13. The van der Waals surface area contributed by atoms with Crippen molar-refractivity contribution >= 4 is 16.5 Å². The first kappa shape index (κ1) is 12.6. The molecule has 1 aromatic heterocycles. The average Bonchev–Trinajstić information content (AvgIpc) is 2.78. The molecule has 0 saturated carbocycles. The smallest absolute Gasteiger partial charge is 0.396 e. The van der Waals surface area contributed by atoms with Gasteiger partial charge in [0.05, 0.1) is 6.20 Å². The third kappa shape index (κ3) is 2.90. The molecule has 7 heteroatoms. The monoisotopic (exact) mass is 266 g/mol. The number of thiazole rings is 1. The third-order valence-electron chi connectivity index (χ3n) is 2.92. The summed E-state index contributed by atoms with van der Waals surface area (Å²) in [6.07, 6.45) is -1.81. The zero-order valence-corrected chi connectivity index (χ0v) is 9.89. The molecule has 0 spiro atoms. The normalized spacial score (nSPS) is 18.7. The molecular formula is C10H13F3N2OS. The van der Waals surface area contributed by atoms with Gasteiger partial charge in [-0.1, -0.05) is 11.3 Å². The molecule has 1 saturated heterocycles. The van der Waals surface area contributed by atoms with Gasteiger partial charge in [0, 0.05) is 19.7 Å². The molecule has 0 aliphatic carbocycles. The molecule has 1 aliphatic rings. The van der Waals surface area contributed by atoms with Crippen LogP contribution in [0.3, 0.4) is 0 Å². The van der Waals surface area contributed by atoms with E-state index in [4.69, 9.17) is 5.11 Å². The first-order chi connectivity index (χ1) is 8.00. The molecule has 1 aromatic rings. The van der Waals surface area contributed by atoms with Crippen LogP contribution in [0.2, 0.25) is 0 Å². The zero-order valence-electron chi connectivity index (χ0n) is 9.07. The van der Waals surface area contributed by atoms with E-state index in [0.717, 1.165) is 19.0 Å². The predicted octanol–water partition coefficient (Wildman–Crippen LogP) is 2.37. The van der Waals surface area contributed by atoms with Crippen LogP contribution in [0.4, 0.5) is 18.3 Å². The molecule has 2 rings (SSSR count). The largest absolute Gasteiger partial charge is 0.427 e. The maximum atomic E-state index is 12.4. The third-order valence-corrected chi connectivity index (χ3v) is 4.02. The van der Waals surface area contributed by atoms with Crippen LogP contribution in [0, 0.1) is 5.92 Å². The number of piperidine rings is 1. The average molecular weight is 266 g/mol. The number of hydrogen-bond acceptors (Lipinski definition) is 4. The van der Waals surface area contributed by atoms with Crippen LogP contribution >= 0.6 is 11.3 Å². The van der Waals surface area contributed by atoms with Gasteiger partial charge in [-0.25, -0.2) is 4.98 Å². The Morgan fingerprint density at radius 2 is 2.06 bits per heavy atom. The Kier molecular flexibility index (Phi) is 3.58. The van der Waals surface area contributed by atoms with Crippen LogP contribution in [0.5, 0.6) is 0 Å². The van der Waals surface area contributed by atoms with E-state index in [1.807, 2.05) is 4.90 Å². The summed E-state index contributed by atoms with van der Waals surface area (Å²) in [5.74, 6) is 0.272. The fraction of sp³-hybridized carbons (Fsp3) is 0.700. The zero-order chi connectivity index (χ0) is 12.5. The highest BCUT2D eigenvalue weighted by molar-refractivity contribution is 7.15. The van der Waals surface area contributed by atoms with Gasteiger partial charge in [-0.05, 0) is 18.8 Å². The minimum absolute atomic E-state index is 0.152. The number of nitrogens with zero attached hydrogens (tertiary/aromatic N) is 2. The van der Waals surface area contributed by atoms with Crippen LogP contribution in [0.15, 0.2) is 6.20 Å². The Morgan fingerprint density at radius 1 is 1.41 bits per heavy atom. The molecule has 0 radical (unpaired) electrons. The molecule has 0 amide bonds. The van der Waals surface area contributed by atoms with Crippen LogP contribution in [0.1, 0.15) is 17.7 Å². The van der Waals surface area contributed by atoms with Gasteiger partial charge < -0.3 is 10.0 Å².